The molecule has 0 saturated heterocycles. The number of rotatable bonds is 7. The first kappa shape index (κ1) is 18.0. The van der Waals surface area contributed by atoms with E-state index in [4.69, 9.17) is 4.74 Å². The summed E-state index contributed by atoms with van der Waals surface area (Å²) in [4.78, 5) is 0. The van der Waals surface area contributed by atoms with E-state index in [1.54, 1.807) is 13.8 Å². The summed E-state index contributed by atoms with van der Waals surface area (Å²) in [5.41, 5.74) is 0.948. The second-order valence-corrected chi connectivity index (χ2v) is 8.70. The topological polar surface area (TPSA) is 55.4 Å². The number of hydrogen-bond acceptors (Lipinski definition) is 4. The summed E-state index contributed by atoms with van der Waals surface area (Å²) in [6.07, 6.45) is 1.40. The molecule has 0 bridgehead atoms. The van der Waals surface area contributed by atoms with E-state index in [0.29, 0.717) is 6.54 Å². The highest BCUT2D eigenvalue weighted by atomic mass is 32.2. The van der Waals surface area contributed by atoms with E-state index in [0.717, 1.165) is 11.3 Å². The molecule has 120 valence electrons. The lowest BCUT2D eigenvalue weighted by Crippen LogP contribution is -2.44. The monoisotopic (exact) mass is 313 g/mol. The summed E-state index contributed by atoms with van der Waals surface area (Å²) >= 11 is 0. The molecule has 21 heavy (non-hydrogen) atoms. The van der Waals surface area contributed by atoms with Gasteiger partial charge < -0.3 is 10.1 Å². The Bertz CT molecular complexity index is 547. The first-order valence-corrected chi connectivity index (χ1v) is 9.18. The lowest BCUT2D eigenvalue weighted by Gasteiger charge is -2.33. The maximum atomic E-state index is 12.1. The van der Waals surface area contributed by atoms with Crippen molar-refractivity contribution in [3.8, 4) is 5.75 Å². The fourth-order valence-corrected chi connectivity index (χ4v) is 2.84. The fraction of sp³-hybridized carbons (Fsp3) is 0.625. The zero-order valence-corrected chi connectivity index (χ0v) is 14.6. The van der Waals surface area contributed by atoms with E-state index in [9.17, 15) is 8.42 Å². The van der Waals surface area contributed by atoms with Gasteiger partial charge in [-0.3, -0.25) is 0 Å². The Morgan fingerprint density at radius 1 is 1.19 bits per heavy atom. The molecule has 0 aliphatic rings. The van der Waals surface area contributed by atoms with E-state index >= 15 is 0 Å². The summed E-state index contributed by atoms with van der Waals surface area (Å²) in [5.74, 6) is 0.793. The van der Waals surface area contributed by atoms with Crippen LogP contribution in [0.15, 0.2) is 24.3 Å². The molecule has 4 nitrogen and oxygen atoms in total. The van der Waals surface area contributed by atoms with Crippen LogP contribution in [0.3, 0.4) is 0 Å². The molecule has 1 aromatic carbocycles. The first-order valence-electron chi connectivity index (χ1n) is 7.29. The van der Waals surface area contributed by atoms with Gasteiger partial charge in [0.15, 0.2) is 9.84 Å². The van der Waals surface area contributed by atoms with Crippen LogP contribution in [0, 0.1) is 0 Å². The summed E-state index contributed by atoms with van der Waals surface area (Å²) in [5, 5.41) is 3.29. The van der Waals surface area contributed by atoms with Crippen LogP contribution >= 0.6 is 0 Å². The third kappa shape index (κ3) is 4.45. The molecule has 0 aliphatic heterocycles. The maximum absolute atomic E-state index is 12.1. The molecule has 0 aromatic heterocycles. The van der Waals surface area contributed by atoms with Crippen molar-refractivity contribution in [2.75, 3.05) is 12.8 Å². The summed E-state index contributed by atoms with van der Waals surface area (Å²) in [7, 11) is -3.19. The van der Waals surface area contributed by atoms with Crippen molar-refractivity contribution >= 4 is 9.84 Å². The van der Waals surface area contributed by atoms with Crippen molar-refractivity contribution in [2.45, 2.75) is 51.5 Å². The van der Waals surface area contributed by atoms with E-state index in [1.807, 2.05) is 45.0 Å². The van der Waals surface area contributed by atoms with Gasteiger partial charge in [-0.2, -0.15) is 0 Å². The molecule has 5 heteroatoms. The second-order valence-electron chi connectivity index (χ2n) is 6.10. The zero-order chi connectivity index (χ0) is 16.3. The van der Waals surface area contributed by atoms with Crippen molar-refractivity contribution in [3.05, 3.63) is 29.8 Å². The standard InChI is InChI=1S/C16H27NO3S/c1-7-17-15(16(4,5)21(6,18)19)13-8-10-14(11-9-13)20-12(2)3/h8-12,15,17H,7H2,1-6H3. The lowest BCUT2D eigenvalue weighted by molar-refractivity contribution is 0.242. The Hall–Kier alpha value is -1.07. The van der Waals surface area contributed by atoms with Gasteiger partial charge in [0.2, 0.25) is 0 Å². The van der Waals surface area contributed by atoms with E-state index in [2.05, 4.69) is 5.32 Å². The molecule has 0 amide bonds. The molecule has 0 radical (unpaired) electrons. The number of hydrogen-bond donors (Lipinski definition) is 1. The third-order valence-corrected chi connectivity index (χ3v) is 5.79. The smallest absolute Gasteiger partial charge is 0.154 e. The van der Waals surface area contributed by atoms with Gasteiger partial charge in [-0.05, 0) is 51.9 Å². The molecule has 0 aliphatic carbocycles. The molecular weight excluding hydrogens is 286 g/mol. The third-order valence-electron chi connectivity index (χ3n) is 3.64. The van der Waals surface area contributed by atoms with Gasteiger partial charge >= 0.3 is 0 Å². The van der Waals surface area contributed by atoms with Gasteiger partial charge in [-0.1, -0.05) is 19.1 Å². The summed E-state index contributed by atoms with van der Waals surface area (Å²) in [6.45, 7) is 10.1. The van der Waals surface area contributed by atoms with Crippen LogP contribution < -0.4 is 10.1 Å². The van der Waals surface area contributed by atoms with Crippen molar-refractivity contribution in [1.82, 2.24) is 5.32 Å². The maximum Gasteiger partial charge on any atom is 0.154 e. The lowest BCUT2D eigenvalue weighted by atomic mass is 9.95. The van der Waals surface area contributed by atoms with Crippen molar-refractivity contribution in [2.24, 2.45) is 0 Å². The van der Waals surface area contributed by atoms with Crippen LogP contribution in [0.5, 0.6) is 5.75 Å². The van der Waals surface area contributed by atoms with Crippen LogP contribution in [-0.2, 0) is 9.84 Å². The Morgan fingerprint density at radius 2 is 1.71 bits per heavy atom. The van der Waals surface area contributed by atoms with Gasteiger partial charge in [0.25, 0.3) is 0 Å². The van der Waals surface area contributed by atoms with E-state index < -0.39 is 14.6 Å². The van der Waals surface area contributed by atoms with Crippen LogP contribution in [0.25, 0.3) is 0 Å². The molecule has 0 heterocycles. The van der Waals surface area contributed by atoms with E-state index in [1.165, 1.54) is 6.26 Å². The minimum atomic E-state index is -3.19. The predicted molar refractivity (Wildman–Crippen MR) is 87.5 cm³/mol. The van der Waals surface area contributed by atoms with E-state index in [-0.39, 0.29) is 12.1 Å². The number of benzene rings is 1. The molecule has 1 rings (SSSR count). The number of nitrogens with one attached hydrogen (secondary N) is 1. The van der Waals surface area contributed by atoms with Crippen LogP contribution in [0.2, 0.25) is 0 Å². The van der Waals surface area contributed by atoms with Gasteiger partial charge in [0.05, 0.1) is 16.9 Å². The summed E-state index contributed by atoms with van der Waals surface area (Å²) < 4.78 is 28.9. The predicted octanol–water partition coefficient (Wildman–Crippen LogP) is 2.95. The normalized spacial score (nSPS) is 14.2. The molecule has 1 unspecified atom stereocenters. The fourth-order valence-electron chi connectivity index (χ4n) is 2.19. The van der Waals surface area contributed by atoms with Crippen molar-refractivity contribution < 1.29 is 13.2 Å². The molecule has 0 spiro atoms. The Labute approximate surface area is 128 Å². The molecule has 1 N–H and O–H groups in total. The number of sulfone groups is 1. The minimum absolute atomic E-state index is 0.118. The minimum Gasteiger partial charge on any atom is -0.491 e. The second kappa shape index (κ2) is 6.79. The highest BCUT2D eigenvalue weighted by Crippen LogP contribution is 2.33. The largest absolute Gasteiger partial charge is 0.491 e. The Balaban J connectivity index is 3.12. The molecule has 0 saturated carbocycles. The average molecular weight is 313 g/mol. The van der Waals surface area contributed by atoms with Gasteiger partial charge in [0.1, 0.15) is 5.75 Å². The SMILES string of the molecule is CCNC(c1ccc(OC(C)C)cc1)C(C)(C)S(C)(=O)=O. The Kier molecular flexibility index (Phi) is 5.82. The zero-order valence-electron chi connectivity index (χ0n) is 13.8. The van der Waals surface area contributed by atoms with Crippen LogP contribution in [0.1, 0.15) is 46.2 Å². The van der Waals surface area contributed by atoms with Crippen LogP contribution in [-0.4, -0.2) is 32.1 Å². The molecule has 0 fully saturated rings. The molecule has 1 atom stereocenters. The highest BCUT2D eigenvalue weighted by molar-refractivity contribution is 7.92. The Morgan fingerprint density at radius 3 is 2.10 bits per heavy atom. The first-order chi connectivity index (χ1) is 9.59. The summed E-state index contributed by atoms with van der Waals surface area (Å²) in [6, 6.07) is 7.37. The highest BCUT2D eigenvalue weighted by Gasteiger charge is 2.39. The van der Waals surface area contributed by atoms with Gasteiger partial charge in [-0.25, -0.2) is 8.42 Å². The van der Waals surface area contributed by atoms with Crippen LogP contribution in [0.4, 0.5) is 0 Å². The van der Waals surface area contributed by atoms with Gasteiger partial charge in [0, 0.05) is 6.26 Å². The molecule has 1 aromatic rings. The molecular formula is C16H27NO3S. The van der Waals surface area contributed by atoms with Gasteiger partial charge in [-0.15, -0.1) is 0 Å². The quantitative estimate of drug-likeness (QED) is 0.841. The van der Waals surface area contributed by atoms with Crippen molar-refractivity contribution in [1.29, 1.82) is 0 Å². The number of ether oxygens (including phenoxy) is 1. The van der Waals surface area contributed by atoms with Crippen molar-refractivity contribution in [3.63, 3.8) is 0 Å². The average Bonchev–Trinajstić information content (AvgIpc) is 2.35.